The van der Waals surface area contributed by atoms with Crippen LogP contribution in [-0.2, 0) is 23.7 Å². The number of hydrogen-bond acceptors (Lipinski definition) is 12. The number of aliphatic imine (C=N–C) groups is 1. The SMILES string of the molecule is CC(C)(C)OC(=O)N=C(N)N(CCCO[C@H]1[C@H](n2cnc3c(=O)[nH]c(N)nc32)O[C@H](C(=[SiH2])OC(C)(C)C)[C@]1(O)C(C)(C)C)C(=O)OC(C)(C)C. The van der Waals surface area contributed by atoms with E-state index in [0.717, 1.165) is 4.90 Å². The summed E-state index contributed by atoms with van der Waals surface area (Å²) < 4.78 is 31.5. The Kier molecular flexibility index (Phi) is 11.7. The van der Waals surface area contributed by atoms with E-state index in [1.807, 2.05) is 41.5 Å². The highest BCUT2D eigenvalue weighted by Crippen LogP contribution is 2.50. The van der Waals surface area contributed by atoms with E-state index in [9.17, 15) is 19.5 Å². The number of carbonyl (C=O) groups is 2. The third-order valence-corrected chi connectivity index (χ3v) is 7.85. The van der Waals surface area contributed by atoms with E-state index in [4.69, 9.17) is 35.2 Å². The molecule has 3 rings (SSSR count). The van der Waals surface area contributed by atoms with Crippen LogP contribution in [0.3, 0.4) is 0 Å². The van der Waals surface area contributed by atoms with Gasteiger partial charge in [-0.05, 0) is 74.1 Å². The van der Waals surface area contributed by atoms with Crippen LogP contribution in [0.1, 0.15) is 95.7 Å². The van der Waals surface area contributed by atoms with Crippen molar-refractivity contribution in [1.29, 1.82) is 0 Å². The molecule has 1 saturated heterocycles. The number of nitrogens with zero attached hydrogens (tertiary/aromatic N) is 5. The summed E-state index contributed by atoms with van der Waals surface area (Å²) in [4.78, 5) is 54.0. The number of amides is 2. The van der Waals surface area contributed by atoms with Crippen LogP contribution in [0, 0.1) is 5.41 Å². The van der Waals surface area contributed by atoms with E-state index in [1.165, 1.54) is 20.7 Å². The van der Waals surface area contributed by atoms with Crippen molar-refractivity contribution in [2.75, 3.05) is 18.9 Å². The van der Waals surface area contributed by atoms with Gasteiger partial charge in [-0.25, -0.2) is 19.5 Å². The Hall–Kier alpha value is -3.87. The summed E-state index contributed by atoms with van der Waals surface area (Å²) in [5.74, 6) is -0.554. The second-order valence-electron chi connectivity index (χ2n) is 16.2. The first-order valence-electron chi connectivity index (χ1n) is 16.3. The first-order chi connectivity index (χ1) is 22.6. The molecule has 1 aliphatic heterocycles. The molecule has 2 amide bonds. The smallest absolute Gasteiger partial charge is 0.437 e. The van der Waals surface area contributed by atoms with Crippen molar-refractivity contribution < 1.29 is 38.4 Å². The molecule has 0 radical (unpaired) electrons. The molecule has 0 unspecified atom stereocenters. The van der Waals surface area contributed by atoms with Crippen LogP contribution in [0.4, 0.5) is 15.5 Å². The van der Waals surface area contributed by atoms with E-state index in [-0.39, 0.29) is 36.7 Å². The van der Waals surface area contributed by atoms with E-state index in [0.29, 0.717) is 5.35 Å². The van der Waals surface area contributed by atoms with Crippen LogP contribution in [0.5, 0.6) is 0 Å². The number of ether oxygens (including phenoxy) is 5. The molecule has 280 valence electrons. The Labute approximate surface area is 295 Å². The highest BCUT2D eigenvalue weighted by molar-refractivity contribution is 6.36. The summed E-state index contributed by atoms with van der Waals surface area (Å²) in [6.45, 7) is 21.2. The molecule has 0 aliphatic carbocycles. The number of anilines is 1. The maximum absolute atomic E-state index is 13.2. The average Bonchev–Trinajstić information content (AvgIpc) is 3.44. The minimum atomic E-state index is -1.72. The summed E-state index contributed by atoms with van der Waals surface area (Å²) in [7, 11) is 1.46. The van der Waals surface area contributed by atoms with Crippen molar-refractivity contribution in [1.82, 2.24) is 24.4 Å². The summed E-state index contributed by atoms with van der Waals surface area (Å²) in [6.07, 6.45) is -3.44. The molecule has 1 aliphatic rings. The maximum atomic E-state index is 13.2. The third kappa shape index (κ3) is 9.67. The zero-order valence-corrected chi connectivity index (χ0v) is 32.7. The van der Waals surface area contributed by atoms with Crippen molar-refractivity contribution >= 4 is 50.5 Å². The van der Waals surface area contributed by atoms with Crippen LogP contribution in [0.2, 0.25) is 0 Å². The predicted octanol–water partition coefficient (Wildman–Crippen LogP) is 2.22. The first kappa shape index (κ1) is 40.6. The van der Waals surface area contributed by atoms with Crippen molar-refractivity contribution in [2.24, 2.45) is 16.1 Å². The maximum Gasteiger partial charge on any atom is 0.437 e. The molecule has 50 heavy (non-hydrogen) atoms. The van der Waals surface area contributed by atoms with E-state index >= 15 is 0 Å². The van der Waals surface area contributed by atoms with Gasteiger partial charge in [-0.3, -0.25) is 14.3 Å². The number of carbonyl (C=O) groups excluding carboxylic acids is 2. The van der Waals surface area contributed by atoms with Gasteiger partial charge < -0.3 is 40.3 Å². The van der Waals surface area contributed by atoms with E-state index in [1.54, 1.807) is 41.5 Å². The van der Waals surface area contributed by atoms with Gasteiger partial charge in [0.1, 0.15) is 29.0 Å². The van der Waals surface area contributed by atoms with Gasteiger partial charge in [0.2, 0.25) is 11.9 Å². The number of hydrogen-bond donors (Lipinski definition) is 4. The van der Waals surface area contributed by atoms with Gasteiger partial charge in [0.05, 0.1) is 17.3 Å². The zero-order chi connectivity index (χ0) is 38.2. The molecule has 4 atom stereocenters. The van der Waals surface area contributed by atoms with Gasteiger partial charge in [-0.15, -0.1) is 4.99 Å². The summed E-state index contributed by atoms with van der Waals surface area (Å²) >= 11 is 0. The molecular formula is C32H54N8O9Si. The Morgan fingerprint density at radius 2 is 1.64 bits per heavy atom. The lowest BCUT2D eigenvalue weighted by Gasteiger charge is -2.44. The van der Waals surface area contributed by atoms with Crippen LogP contribution in [0.15, 0.2) is 16.1 Å². The van der Waals surface area contributed by atoms with Crippen LogP contribution >= 0.6 is 0 Å². The van der Waals surface area contributed by atoms with Gasteiger partial charge in [0.25, 0.3) is 5.56 Å². The molecule has 0 aromatic carbocycles. The van der Waals surface area contributed by atoms with Gasteiger partial charge >= 0.3 is 12.2 Å². The Morgan fingerprint density at radius 3 is 2.18 bits per heavy atom. The quantitative estimate of drug-likeness (QED) is 0.133. The highest BCUT2D eigenvalue weighted by atomic mass is 28.1. The highest BCUT2D eigenvalue weighted by Gasteiger charge is 2.64. The van der Waals surface area contributed by atoms with Gasteiger partial charge in [-0.1, -0.05) is 20.8 Å². The van der Waals surface area contributed by atoms with Crippen molar-refractivity contribution in [3.05, 3.63) is 16.7 Å². The van der Waals surface area contributed by atoms with E-state index < -0.39 is 70.0 Å². The van der Waals surface area contributed by atoms with Crippen molar-refractivity contribution in [3.63, 3.8) is 0 Å². The minimum Gasteiger partial charge on any atom is -0.496 e. The first-order valence-corrected chi connectivity index (χ1v) is 17.0. The largest absolute Gasteiger partial charge is 0.496 e. The fourth-order valence-electron chi connectivity index (χ4n) is 5.31. The number of guanidine groups is 1. The molecular weight excluding hydrogens is 668 g/mol. The van der Waals surface area contributed by atoms with Gasteiger partial charge in [-0.2, -0.15) is 4.98 Å². The molecule has 2 aromatic rings. The number of aliphatic hydroxyl groups is 1. The number of aromatic nitrogens is 4. The standard InChI is InChI=1S/C32H54N8O9Si/c1-28(2,3)32(44)18(45-15-13-14-39(27(43)49-31(10,11)12)25(34)38-26(42)48-30(7,8)9)22(46-19(32)23(50)47-29(4,5)6)40-16-35-17-20(40)36-24(33)37-21(17)41/h16,18-19,22,44H,13-15,50H2,1-12H3,(H2,34,38,42)(H3,33,36,37,41)/t18-,19+,22+,32-/m0/s1. The molecule has 2 aromatic heterocycles. The third-order valence-electron chi connectivity index (χ3n) is 7.34. The normalized spacial score (nSPS) is 22.0. The summed E-state index contributed by atoms with van der Waals surface area (Å²) in [5.41, 5.74) is 6.72. The average molecular weight is 723 g/mol. The molecule has 0 spiro atoms. The molecule has 18 heteroatoms. The number of nitrogen functional groups attached to an aromatic ring is 1. The monoisotopic (exact) mass is 722 g/mol. The Morgan fingerprint density at radius 1 is 1.06 bits per heavy atom. The van der Waals surface area contributed by atoms with Gasteiger partial charge in [0, 0.05) is 23.0 Å². The molecule has 17 nitrogen and oxygen atoms in total. The fraction of sp³-hybridized carbons (Fsp3) is 0.719. The van der Waals surface area contributed by atoms with Crippen LogP contribution in [-0.4, -0.2) is 111 Å². The molecule has 0 saturated carbocycles. The van der Waals surface area contributed by atoms with Crippen LogP contribution in [0.25, 0.3) is 11.2 Å². The lowest BCUT2D eigenvalue weighted by Crippen LogP contribution is -2.61. The number of nitrogens with two attached hydrogens (primary N) is 2. The predicted molar refractivity (Wildman–Crippen MR) is 190 cm³/mol. The molecule has 0 bridgehead atoms. The molecule has 3 heterocycles. The molecule has 1 fully saturated rings. The molecule has 6 N–H and O–H groups in total. The second-order valence-corrected chi connectivity index (χ2v) is 16.9. The number of rotatable bonds is 8. The topological polar surface area (TPSA) is 232 Å². The summed E-state index contributed by atoms with van der Waals surface area (Å²) in [5, 5.41) is 13.1. The Balaban J connectivity index is 2.01. The summed E-state index contributed by atoms with van der Waals surface area (Å²) in [6, 6.07) is 0. The number of fused-ring (bicyclic) bond motifs is 1. The second kappa shape index (κ2) is 14.4. The van der Waals surface area contributed by atoms with E-state index in [2.05, 4.69) is 19.9 Å². The number of imidazole rings is 1. The fourth-order valence-corrected chi connectivity index (χ4v) is 6.15. The zero-order valence-electron chi connectivity index (χ0n) is 31.2. The lowest BCUT2D eigenvalue weighted by molar-refractivity contribution is -0.157. The number of nitrogens with one attached hydrogen (secondary N) is 1. The number of H-pyrrole nitrogens is 1. The Bertz CT molecular complexity index is 1660. The van der Waals surface area contributed by atoms with Crippen molar-refractivity contribution in [2.45, 2.75) is 130 Å². The van der Waals surface area contributed by atoms with Crippen LogP contribution < -0.4 is 17.0 Å². The van der Waals surface area contributed by atoms with Crippen molar-refractivity contribution in [3.8, 4) is 0 Å². The lowest BCUT2D eigenvalue weighted by atomic mass is 9.70. The van der Waals surface area contributed by atoms with Gasteiger partial charge in [0.15, 0.2) is 17.4 Å². The minimum absolute atomic E-state index is 0.0190. The number of aromatic amines is 1.